The fraction of sp³-hybridized carbons (Fsp3) is 0.417. The van der Waals surface area contributed by atoms with Gasteiger partial charge in [-0.1, -0.05) is 29.8 Å². The summed E-state index contributed by atoms with van der Waals surface area (Å²) in [7, 11) is -3.64. The SMILES string of the molecule is Cc1cccc(CNC(=O)Cn2c(=O)n(C(C)C)c3ccc(S(=O)(=O)N4CCCC4)cc32)c1. The van der Waals surface area contributed by atoms with E-state index in [2.05, 4.69) is 5.32 Å². The second-order valence-electron chi connectivity index (χ2n) is 8.86. The Kier molecular flexibility index (Phi) is 6.45. The summed E-state index contributed by atoms with van der Waals surface area (Å²) in [5.74, 6) is -0.311. The Morgan fingerprint density at radius 3 is 2.45 bits per heavy atom. The molecule has 4 rings (SSSR count). The summed E-state index contributed by atoms with van der Waals surface area (Å²) in [4.78, 5) is 26.1. The third-order valence-corrected chi connectivity index (χ3v) is 7.92. The van der Waals surface area contributed by atoms with Gasteiger partial charge in [-0.25, -0.2) is 13.2 Å². The Bertz CT molecular complexity index is 1350. The Morgan fingerprint density at radius 1 is 1.06 bits per heavy atom. The third kappa shape index (κ3) is 4.60. The number of carbonyl (C=O) groups is 1. The van der Waals surface area contributed by atoms with Crippen LogP contribution in [0.5, 0.6) is 0 Å². The minimum Gasteiger partial charge on any atom is -0.350 e. The van der Waals surface area contributed by atoms with Crippen LogP contribution in [0.15, 0.2) is 52.2 Å². The predicted octanol–water partition coefficient (Wildman–Crippen LogP) is 2.79. The molecule has 33 heavy (non-hydrogen) atoms. The largest absolute Gasteiger partial charge is 0.350 e. The van der Waals surface area contributed by atoms with Gasteiger partial charge in [0.25, 0.3) is 0 Å². The highest BCUT2D eigenvalue weighted by atomic mass is 32.2. The average Bonchev–Trinajstić information content (AvgIpc) is 3.40. The van der Waals surface area contributed by atoms with E-state index in [0.717, 1.165) is 24.0 Å². The number of hydrogen-bond donors (Lipinski definition) is 1. The van der Waals surface area contributed by atoms with Crippen molar-refractivity contribution in [2.24, 2.45) is 0 Å². The third-order valence-electron chi connectivity index (χ3n) is 6.03. The van der Waals surface area contributed by atoms with Crippen LogP contribution in [-0.4, -0.2) is 40.9 Å². The van der Waals surface area contributed by atoms with E-state index in [1.54, 1.807) is 16.7 Å². The number of imidazole rings is 1. The molecule has 1 N–H and O–H groups in total. The molecule has 0 aliphatic carbocycles. The van der Waals surface area contributed by atoms with Crippen LogP contribution in [0.25, 0.3) is 11.0 Å². The molecule has 8 nitrogen and oxygen atoms in total. The molecule has 0 saturated carbocycles. The van der Waals surface area contributed by atoms with E-state index < -0.39 is 10.0 Å². The van der Waals surface area contributed by atoms with E-state index in [1.807, 2.05) is 45.0 Å². The van der Waals surface area contributed by atoms with Gasteiger partial charge in [0.05, 0.1) is 15.9 Å². The predicted molar refractivity (Wildman–Crippen MR) is 128 cm³/mol. The smallest absolute Gasteiger partial charge is 0.329 e. The topological polar surface area (TPSA) is 93.4 Å². The molecule has 1 aliphatic heterocycles. The number of rotatable bonds is 7. The van der Waals surface area contributed by atoms with Crippen LogP contribution in [0.1, 0.15) is 43.9 Å². The minimum atomic E-state index is -3.64. The normalized spacial score (nSPS) is 14.9. The monoisotopic (exact) mass is 470 g/mol. The van der Waals surface area contributed by atoms with Crippen molar-refractivity contribution in [3.05, 3.63) is 64.1 Å². The summed E-state index contributed by atoms with van der Waals surface area (Å²) in [6, 6.07) is 12.4. The lowest BCUT2D eigenvalue weighted by molar-refractivity contribution is -0.121. The molecule has 0 atom stereocenters. The van der Waals surface area contributed by atoms with Gasteiger partial charge in [0.1, 0.15) is 6.54 Å². The fourth-order valence-corrected chi connectivity index (χ4v) is 5.91. The Morgan fingerprint density at radius 2 is 1.79 bits per heavy atom. The van der Waals surface area contributed by atoms with Crippen LogP contribution in [-0.2, 0) is 27.9 Å². The van der Waals surface area contributed by atoms with E-state index in [4.69, 9.17) is 0 Å². The number of benzene rings is 2. The molecule has 0 bridgehead atoms. The summed E-state index contributed by atoms with van der Waals surface area (Å²) in [5, 5.41) is 2.86. The first-order chi connectivity index (χ1) is 15.7. The molecule has 1 saturated heterocycles. The van der Waals surface area contributed by atoms with Gasteiger partial charge < -0.3 is 5.32 Å². The first-order valence-corrected chi connectivity index (χ1v) is 12.7. The van der Waals surface area contributed by atoms with Crippen LogP contribution < -0.4 is 11.0 Å². The lowest BCUT2D eigenvalue weighted by Gasteiger charge is -2.16. The van der Waals surface area contributed by atoms with Gasteiger partial charge in [-0.2, -0.15) is 4.31 Å². The highest BCUT2D eigenvalue weighted by molar-refractivity contribution is 7.89. The van der Waals surface area contributed by atoms with Gasteiger partial charge in [0.2, 0.25) is 15.9 Å². The summed E-state index contributed by atoms with van der Waals surface area (Å²) < 4.78 is 30.6. The van der Waals surface area contributed by atoms with Crippen LogP contribution in [0.2, 0.25) is 0 Å². The van der Waals surface area contributed by atoms with Crippen molar-refractivity contribution in [3.63, 3.8) is 0 Å². The van der Waals surface area contributed by atoms with Crippen molar-refractivity contribution in [2.45, 2.75) is 57.6 Å². The second-order valence-corrected chi connectivity index (χ2v) is 10.8. The molecule has 1 aromatic heterocycles. The highest BCUT2D eigenvalue weighted by Crippen LogP contribution is 2.25. The maximum atomic E-state index is 13.2. The van der Waals surface area contributed by atoms with Crippen molar-refractivity contribution >= 4 is 27.0 Å². The maximum Gasteiger partial charge on any atom is 0.329 e. The maximum absolute atomic E-state index is 13.2. The van der Waals surface area contributed by atoms with Crippen LogP contribution in [0.4, 0.5) is 0 Å². The standard InChI is InChI=1S/C24H30N4O4S/c1-17(2)28-21-10-9-20(33(31,32)26-11-4-5-12-26)14-22(21)27(24(28)30)16-23(29)25-15-19-8-6-7-18(3)13-19/h6-10,13-14,17H,4-5,11-12,15-16H2,1-3H3,(H,25,29). The molecule has 3 aromatic rings. The summed E-state index contributed by atoms with van der Waals surface area (Å²) in [6.07, 6.45) is 1.69. The minimum absolute atomic E-state index is 0.141. The molecule has 9 heteroatoms. The second kappa shape index (κ2) is 9.15. The van der Waals surface area contributed by atoms with E-state index in [1.165, 1.54) is 14.9 Å². The number of fused-ring (bicyclic) bond motifs is 1. The average molecular weight is 471 g/mol. The van der Waals surface area contributed by atoms with Crippen LogP contribution in [0, 0.1) is 6.92 Å². The summed E-state index contributed by atoms with van der Waals surface area (Å²) in [6.45, 7) is 6.93. The van der Waals surface area contributed by atoms with Crippen LogP contribution >= 0.6 is 0 Å². The zero-order chi connectivity index (χ0) is 23.8. The molecule has 0 spiro atoms. The number of aromatic nitrogens is 2. The van der Waals surface area contributed by atoms with Gasteiger partial charge in [0, 0.05) is 25.7 Å². The van der Waals surface area contributed by atoms with E-state index in [0.29, 0.717) is 30.7 Å². The Labute approximate surface area is 193 Å². The molecule has 1 aliphatic rings. The lowest BCUT2D eigenvalue weighted by atomic mass is 10.1. The van der Waals surface area contributed by atoms with Gasteiger partial charge in [-0.05, 0) is 57.4 Å². The molecule has 0 unspecified atom stereocenters. The molecule has 176 valence electrons. The number of aryl methyl sites for hydroxylation is 1. The van der Waals surface area contributed by atoms with Crippen molar-refractivity contribution in [1.29, 1.82) is 0 Å². The van der Waals surface area contributed by atoms with E-state index >= 15 is 0 Å². The summed E-state index contributed by atoms with van der Waals surface area (Å²) >= 11 is 0. The van der Waals surface area contributed by atoms with Gasteiger partial charge in [0.15, 0.2) is 0 Å². The fourth-order valence-electron chi connectivity index (χ4n) is 4.37. The van der Waals surface area contributed by atoms with Crippen LogP contribution in [0.3, 0.4) is 0 Å². The molecule has 0 radical (unpaired) electrons. The molecule has 2 aromatic carbocycles. The molecular weight excluding hydrogens is 440 g/mol. The summed E-state index contributed by atoms with van der Waals surface area (Å²) in [5.41, 5.74) is 2.80. The van der Waals surface area contributed by atoms with Crippen molar-refractivity contribution in [1.82, 2.24) is 18.8 Å². The first kappa shape index (κ1) is 23.3. The number of nitrogens with zero attached hydrogens (tertiary/aromatic N) is 3. The quantitative estimate of drug-likeness (QED) is 0.575. The van der Waals surface area contributed by atoms with Gasteiger partial charge in [-0.15, -0.1) is 0 Å². The van der Waals surface area contributed by atoms with Crippen molar-refractivity contribution in [3.8, 4) is 0 Å². The molecule has 1 fully saturated rings. The zero-order valence-corrected chi connectivity index (χ0v) is 20.1. The highest BCUT2D eigenvalue weighted by Gasteiger charge is 2.28. The van der Waals surface area contributed by atoms with Gasteiger partial charge >= 0.3 is 5.69 Å². The molecule has 2 heterocycles. The molecular formula is C24H30N4O4S. The molecule has 1 amide bonds. The van der Waals surface area contributed by atoms with Crippen molar-refractivity contribution in [2.75, 3.05) is 13.1 Å². The number of carbonyl (C=O) groups excluding carboxylic acids is 1. The Hall–Kier alpha value is -2.91. The zero-order valence-electron chi connectivity index (χ0n) is 19.2. The number of amides is 1. The first-order valence-electron chi connectivity index (χ1n) is 11.3. The van der Waals surface area contributed by atoms with Gasteiger partial charge in [-0.3, -0.25) is 13.9 Å². The Balaban J connectivity index is 1.67. The number of sulfonamides is 1. The van der Waals surface area contributed by atoms with Crippen molar-refractivity contribution < 1.29 is 13.2 Å². The van der Waals surface area contributed by atoms with E-state index in [-0.39, 0.29) is 29.1 Å². The number of nitrogens with one attached hydrogen (secondary N) is 1. The lowest BCUT2D eigenvalue weighted by Crippen LogP contribution is -2.33. The number of hydrogen-bond acceptors (Lipinski definition) is 4. The van der Waals surface area contributed by atoms with E-state index in [9.17, 15) is 18.0 Å².